The predicted molar refractivity (Wildman–Crippen MR) is 93.1 cm³/mol. The van der Waals surface area contributed by atoms with Gasteiger partial charge in [-0.25, -0.2) is 0 Å². The summed E-state index contributed by atoms with van der Waals surface area (Å²) in [6.07, 6.45) is -9.22. The van der Waals surface area contributed by atoms with Gasteiger partial charge in [-0.15, -0.1) is 0 Å². The van der Waals surface area contributed by atoms with E-state index in [1.54, 1.807) is 0 Å². The van der Waals surface area contributed by atoms with Crippen LogP contribution in [0.4, 0.5) is 37.7 Å². The summed E-state index contributed by atoms with van der Waals surface area (Å²) in [5.41, 5.74) is -1.57. The first-order chi connectivity index (χ1) is 13.5. The van der Waals surface area contributed by atoms with Crippen LogP contribution in [0.25, 0.3) is 0 Å². The Balaban J connectivity index is 1.78. The lowest BCUT2D eigenvalue weighted by atomic mass is 9.92. The van der Waals surface area contributed by atoms with E-state index in [9.17, 15) is 31.1 Å². The number of carbonyl (C=O) groups is 1. The monoisotopic (exact) mass is 418 g/mol. The van der Waals surface area contributed by atoms with Crippen LogP contribution in [0.1, 0.15) is 22.3 Å². The molecule has 2 aromatic carbocycles. The average molecular weight is 418 g/mol. The predicted octanol–water partition coefficient (Wildman–Crippen LogP) is 4.44. The van der Waals surface area contributed by atoms with Crippen LogP contribution in [0.5, 0.6) is 0 Å². The fourth-order valence-electron chi connectivity index (χ4n) is 3.17. The first kappa shape index (κ1) is 21.0. The first-order valence-electron chi connectivity index (χ1n) is 8.55. The van der Waals surface area contributed by atoms with Gasteiger partial charge in [0.15, 0.2) is 0 Å². The third-order valence-electron chi connectivity index (χ3n) is 4.66. The van der Waals surface area contributed by atoms with Gasteiger partial charge in [0.2, 0.25) is 5.91 Å². The van der Waals surface area contributed by atoms with E-state index in [0.29, 0.717) is 11.3 Å². The zero-order valence-corrected chi connectivity index (χ0v) is 14.8. The van der Waals surface area contributed by atoms with Gasteiger partial charge in [-0.1, -0.05) is 6.07 Å². The summed E-state index contributed by atoms with van der Waals surface area (Å²) in [5, 5.41) is 14.3. The van der Waals surface area contributed by atoms with Crippen molar-refractivity contribution in [2.75, 3.05) is 17.2 Å². The summed E-state index contributed by atoms with van der Waals surface area (Å²) in [7, 11) is 0. The van der Waals surface area contributed by atoms with Crippen molar-refractivity contribution in [2.24, 2.45) is 5.92 Å². The normalized spacial score (nSPS) is 16.7. The van der Waals surface area contributed by atoms with Gasteiger partial charge in [-0.2, -0.15) is 26.3 Å². The minimum absolute atomic E-state index is 0.0128. The van der Waals surface area contributed by atoms with Crippen LogP contribution >= 0.6 is 0 Å². The van der Waals surface area contributed by atoms with Gasteiger partial charge in [0.1, 0.15) is 0 Å². The fraction of sp³-hybridized carbons (Fsp3) is 0.316. The van der Waals surface area contributed by atoms with Gasteiger partial charge in [0.25, 0.3) is 0 Å². The summed E-state index contributed by atoms with van der Waals surface area (Å²) in [6, 6.07) is 6.19. The lowest BCUT2D eigenvalue weighted by Crippen LogP contribution is -2.34. The number of fused-ring (bicyclic) bond motifs is 1. The molecule has 4 nitrogen and oxygen atoms in total. The van der Waals surface area contributed by atoms with Gasteiger partial charge >= 0.3 is 12.4 Å². The van der Waals surface area contributed by atoms with Crippen molar-refractivity contribution >= 4 is 17.3 Å². The summed E-state index contributed by atoms with van der Waals surface area (Å²) in [4.78, 5) is 12.5. The van der Waals surface area contributed by atoms with Crippen LogP contribution in [0, 0.1) is 5.92 Å². The SMILES string of the molecule is O=C(Nc1ccc(CO)c(C(F)(F)F)c1)C1CNc2ccc(C(F)(F)F)cc2C1. The molecule has 10 heteroatoms. The van der Waals surface area contributed by atoms with E-state index < -0.39 is 41.9 Å². The molecule has 0 bridgehead atoms. The molecule has 0 aliphatic carbocycles. The highest BCUT2D eigenvalue weighted by Crippen LogP contribution is 2.36. The molecule has 2 aromatic rings. The summed E-state index contributed by atoms with van der Waals surface area (Å²) >= 11 is 0. The lowest BCUT2D eigenvalue weighted by Gasteiger charge is -2.26. The van der Waals surface area contributed by atoms with E-state index in [4.69, 9.17) is 5.11 Å². The minimum Gasteiger partial charge on any atom is -0.392 e. The molecular weight excluding hydrogens is 402 g/mol. The molecule has 0 saturated carbocycles. The Morgan fingerprint density at radius 2 is 1.79 bits per heavy atom. The molecule has 1 heterocycles. The Morgan fingerprint density at radius 1 is 1.07 bits per heavy atom. The quantitative estimate of drug-likeness (QED) is 0.646. The molecule has 1 amide bonds. The molecule has 0 saturated heterocycles. The molecule has 3 rings (SSSR count). The maximum Gasteiger partial charge on any atom is 0.416 e. The second kappa shape index (κ2) is 7.58. The Bertz CT molecular complexity index is 924. The van der Waals surface area contributed by atoms with E-state index in [0.717, 1.165) is 24.3 Å². The van der Waals surface area contributed by atoms with E-state index in [2.05, 4.69) is 10.6 Å². The van der Waals surface area contributed by atoms with Crippen molar-refractivity contribution < 1.29 is 36.2 Å². The Kier molecular flexibility index (Phi) is 5.48. The van der Waals surface area contributed by atoms with Crippen molar-refractivity contribution in [1.29, 1.82) is 0 Å². The van der Waals surface area contributed by atoms with E-state index in [-0.39, 0.29) is 24.2 Å². The maximum atomic E-state index is 13.1. The van der Waals surface area contributed by atoms with Gasteiger partial charge < -0.3 is 15.7 Å². The summed E-state index contributed by atoms with van der Waals surface area (Å²) in [6.45, 7) is -0.682. The number of halogens is 6. The first-order valence-corrected chi connectivity index (χ1v) is 8.55. The smallest absolute Gasteiger partial charge is 0.392 e. The maximum absolute atomic E-state index is 13.1. The molecule has 1 aliphatic heterocycles. The van der Waals surface area contributed by atoms with Crippen LogP contribution in [0.2, 0.25) is 0 Å². The van der Waals surface area contributed by atoms with Gasteiger partial charge in [-0.05, 0) is 47.9 Å². The number of nitrogens with one attached hydrogen (secondary N) is 2. The molecule has 156 valence electrons. The number of hydrogen-bond donors (Lipinski definition) is 3. The molecule has 29 heavy (non-hydrogen) atoms. The zero-order chi connectivity index (χ0) is 21.4. The number of rotatable bonds is 3. The zero-order valence-electron chi connectivity index (χ0n) is 14.8. The second-order valence-corrected chi connectivity index (χ2v) is 6.67. The fourth-order valence-corrected chi connectivity index (χ4v) is 3.17. The molecule has 1 unspecified atom stereocenters. The lowest BCUT2D eigenvalue weighted by molar-refractivity contribution is -0.139. The third kappa shape index (κ3) is 4.64. The van der Waals surface area contributed by atoms with Crippen LogP contribution in [0.3, 0.4) is 0 Å². The molecule has 3 N–H and O–H groups in total. The number of anilines is 2. The highest BCUT2D eigenvalue weighted by molar-refractivity contribution is 5.93. The van der Waals surface area contributed by atoms with Crippen molar-refractivity contribution in [2.45, 2.75) is 25.4 Å². The standard InChI is InChI=1S/C19H16F6N2O2/c20-18(21,22)13-2-4-16-11(6-13)5-12(8-26-16)17(29)27-14-3-1-10(9-28)15(7-14)19(23,24)25/h1-4,6-7,12,26,28H,5,8-9H2,(H,27,29). The molecule has 0 aromatic heterocycles. The molecule has 0 spiro atoms. The van der Waals surface area contributed by atoms with Gasteiger partial charge in [0.05, 0.1) is 23.7 Å². The molecule has 1 atom stereocenters. The van der Waals surface area contributed by atoms with Crippen molar-refractivity contribution in [3.05, 3.63) is 58.7 Å². The summed E-state index contributed by atoms with van der Waals surface area (Å²) < 4.78 is 77.9. The Hall–Kier alpha value is -2.75. The minimum atomic E-state index is -4.71. The largest absolute Gasteiger partial charge is 0.416 e. The average Bonchev–Trinajstić information content (AvgIpc) is 2.65. The highest BCUT2D eigenvalue weighted by atomic mass is 19.4. The van der Waals surface area contributed by atoms with Crippen molar-refractivity contribution in [3.8, 4) is 0 Å². The second-order valence-electron chi connectivity index (χ2n) is 6.67. The van der Waals surface area contributed by atoms with E-state index in [1.807, 2.05) is 0 Å². The van der Waals surface area contributed by atoms with Crippen LogP contribution in [-0.2, 0) is 30.2 Å². The van der Waals surface area contributed by atoms with Crippen LogP contribution in [0.15, 0.2) is 36.4 Å². The number of alkyl halides is 6. The topological polar surface area (TPSA) is 61.4 Å². The van der Waals surface area contributed by atoms with Gasteiger partial charge in [0, 0.05) is 17.9 Å². The van der Waals surface area contributed by atoms with Crippen molar-refractivity contribution in [1.82, 2.24) is 0 Å². The highest BCUT2D eigenvalue weighted by Gasteiger charge is 2.35. The molecule has 0 radical (unpaired) electrons. The Labute approximate surface area is 161 Å². The summed E-state index contributed by atoms with van der Waals surface area (Å²) in [5.74, 6) is -1.39. The van der Waals surface area contributed by atoms with Crippen LogP contribution < -0.4 is 10.6 Å². The van der Waals surface area contributed by atoms with E-state index >= 15 is 0 Å². The van der Waals surface area contributed by atoms with Crippen molar-refractivity contribution in [3.63, 3.8) is 0 Å². The van der Waals surface area contributed by atoms with Crippen LogP contribution in [-0.4, -0.2) is 17.6 Å². The molecule has 0 fully saturated rings. The molecular formula is C19H16F6N2O2. The number of amides is 1. The number of carbonyl (C=O) groups excluding carboxylic acids is 1. The number of benzene rings is 2. The number of aliphatic hydroxyl groups excluding tert-OH is 1. The van der Waals surface area contributed by atoms with Gasteiger partial charge in [-0.3, -0.25) is 4.79 Å². The number of aliphatic hydroxyl groups is 1. The number of hydrogen-bond acceptors (Lipinski definition) is 3. The molecule has 1 aliphatic rings. The third-order valence-corrected chi connectivity index (χ3v) is 4.66. The Morgan fingerprint density at radius 3 is 2.41 bits per heavy atom. The van der Waals surface area contributed by atoms with E-state index in [1.165, 1.54) is 12.1 Å².